The van der Waals surface area contributed by atoms with Gasteiger partial charge in [0, 0.05) is 23.6 Å². The van der Waals surface area contributed by atoms with E-state index in [1.165, 1.54) is 17.0 Å². The number of halogens is 3. The van der Waals surface area contributed by atoms with Gasteiger partial charge in [0.1, 0.15) is 11.3 Å². The van der Waals surface area contributed by atoms with Crippen LogP contribution in [-0.4, -0.2) is 52.2 Å². The van der Waals surface area contributed by atoms with Crippen LogP contribution < -0.4 is 5.56 Å². The number of carbonyl (C=O) groups excluding carboxylic acids is 2. The fourth-order valence-electron chi connectivity index (χ4n) is 2.86. The maximum absolute atomic E-state index is 13.4. The average molecular weight is 425 g/mol. The molecule has 2 heterocycles. The molecule has 0 saturated heterocycles. The van der Waals surface area contributed by atoms with Crippen molar-refractivity contribution in [2.24, 2.45) is 0 Å². The van der Waals surface area contributed by atoms with Crippen molar-refractivity contribution in [2.75, 3.05) is 14.2 Å². The van der Waals surface area contributed by atoms with Crippen LogP contribution in [0.2, 0.25) is 0 Å². The standard InChI is InChI=1S/C18H14F3N3O6/c1-29-15(26)12-8-24(7-11-13(12)22-23-14(11)25)10-5-3-9(4-6-10)17(28,16(27)30-2)18(19,20)21/h3-8,28H,1-2H3,(H,23,25)/t17-/m1/s1. The molecular weight excluding hydrogens is 411 g/mol. The van der Waals surface area contributed by atoms with Gasteiger partial charge in [0.15, 0.2) is 0 Å². The molecule has 2 aliphatic rings. The first kappa shape index (κ1) is 21.0. The maximum Gasteiger partial charge on any atom is 0.432 e. The summed E-state index contributed by atoms with van der Waals surface area (Å²) in [5.74, 6) is -2.67. The summed E-state index contributed by atoms with van der Waals surface area (Å²) in [6.07, 6.45) is -2.74. The van der Waals surface area contributed by atoms with E-state index in [1.807, 2.05) is 0 Å². The zero-order valence-electron chi connectivity index (χ0n) is 15.5. The number of aromatic nitrogens is 3. The second-order valence-corrected chi connectivity index (χ2v) is 6.13. The second-order valence-electron chi connectivity index (χ2n) is 6.13. The minimum Gasteiger partial charge on any atom is -0.466 e. The van der Waals surface area contributed by atoms with E-state index < -0.39 is 34.8 Å². The number of nitrogens with zero attached hydrogens (tertiary/aromatic N) is 2. The number of carbonyl (C=O) groups is 2. The van der Waals surface area contributed by atoms with E-state index in [2.05, 4.69) is 19.7 Å². The van der Waals surface area contributed by atoms with E-state index in [4.69, 9.17) is 0 Å². The van der Waals surface area contributed by atoms with Gasteiger partial charge in [-0.2, -0.15) is 18.3 Å². The Kier molecular flexibility index (Phi) is 5.12. The summed E-state index contributed by atoms with van der Waals surface area (Å²) in [6.45, 7) is 0. The number of fused-ring (bicyclic) bond motifs is 1. The van der Waals surface area contributed by atoms with Gasteiger partial charge < -0.3 is 19.1 Å². The van der Waals surface area contributed by atoms with Gasteiger partial charge in [-0.3, -0.25) is 4.79 Å². The summed E-state index contributed by atoms with van der Waals surface area (Å²) in [7, 11) is 1.86. The molecule has 30 heavy (non-hydrogen) atoms. The summed E-state index contributed by atoms with van der Waals surface area (Å²) >= 11 is 0. The number of hydrogen-bond donors (Lipinski definition) is 2. The molecule has 0 bridgehead atoms. The Hall–Kier alpha value is -3.67. The van der Waals surface area contributed by atoms with E-state index in [-0.39, 0.29) is 22.5 Å². The lowest BCUT2D eigenvalue weighted by Gasteiger charge is -2.28. The van der Waals surface area contributed by atoms with Gasteiger partial charge in [-0.15, -0.1) is 0 Å². The number of nitrogens with one attached hydrogen (secondary N) is 1. The fourth-order valence-corrected chi connectivity index (χ4v) is 2.86. The van der Waals surface area contributed by atoms with Crippen molar-refractivity contribution in [1.29, 1.82) is 0 Å². The first-order chi connectivity index (χ1) is 14.0. The third-order valence-corrected chi connectivity index (χ3v) is 4.44. The molecule has 1 atom stereocenters. The largest absolute Gasteiger partial charge is 0.466 e. The number of esters is 2. The smallest absolute Gasteiger partial charge is 0.432 e. The molecule has 0 unspecified atom stereocenters. The maximum atomic E-state index is 13.4. The van der Waals surface area contributed by atoms with E-state index in [9.17, 15) is 32.7 Å². The van der Waals surface area contributed by atoms with E-state index in [0.717, 1.165) is 38.5 Å². The Morgan fingerprint density at radius 2 is 1.73 bits per heavy atom. The predicted molar refractivity (Wildman–Crippen MR) is 94.1 cm³/mol. The second kappa shape index (κ2) is 7.30. The lowest BCUT2D eigenvalue weighted by molar-refractivity contribution is -0.266. The highest BCUT2D eigenvalue weighted by Gasteiger charge is 2.62. The SMILES string of the molecule is COC(=O)c1cn(-c2ccc([C@@](O)(C(=O)OC)C(F)(F)F)cc2)cc2c(=O)[nH]nc1-2. The molecule has 9 nitrogen and oxygen atoms in total. The number of rotatable bonds is 4. The Balaban J connectivity index is 2.13. The summed E-state index contributed by atoms with van der Waals surface area (Å²) in [6, 6.07) is 4.07. The van der Waals surface area contributed by atoms with Crippen molar-refractivity contribution >= 4 is 11.9 Å². The van der Waals surface area contributed by atoms with Gasteiger partial charge >= 0.3 is 18.1 Å². The molecule has 2 aliphatic heterocycles. The molecule has 2 N–H and O–H groups in total. The third-order valence-electron chi connectivity index (χ3n) is 4.44. The minimum absolute atomic E-state index is 0.0448. The average Bonchev–Trinajstić information content (AvgIpc) is 3.11. The van der Waals surface area contributed by atoms with Gasteiger partial charge in [-0.05, 0) is 12.1 Å². The zero-order chi connectivity index (χ0) is 22.3. The summed E-state index contributed by atoms with van der Waals surface area (Å²) in [5.41, 5.74) is -4.94. The molecule has 12 heteroatoms. The van der Waals surface area contributed by atoms with Crippen LogP contribution in [0.4, 0.5) is 13.2 Å². The van der Waals surface area contributed by atoms with Gasteiger partial charge in [-0.25, -0.2) is 14.7 Å². The first-order valence-electron chi connectivity index (χ1n) is 8.21. The first-order valence-corrected chi connectivity index (χ1v) is 8.21. The Bertz CT molecular complexity index is 1140. The molecule has 1 aromatic carbocycles. The van der Waals surface area contributed by atoms with Crippen LogP contribution in [0.5, 0.6) is 0 Å². The summed E-state index contributed by atoms with van der Waals surface area (Å²) < 4.78 is 50.2. The van der Waals surface area contributed by atoms with E-state index in [1.54, 1.807) is 0 Å². The molecule has 0 aliphatic carbocycles. The minimum atomic E-state index is -5.33. The molecule has 158 valence electrons. The predicted octanol–water partition coefficient (Wildman–Crippen LogP) is 1.37. The molecule has 0 aromatic heterocycles. The normalized spacial score (nSPS) is 13.7. The molecule has 0 fully saturated rings. The number of aromatic amines is 1. The monoisotopic (exact) mass is 425 g/mol. The lowest BCUT2D eigenvalue weighted by Crippen LogP contribution is -2.49. The molecule has 3 rings (SSSR count). The van der Waals surface area contributed by atoms with E-state index in [0.29, 0.717) is 0 Å². The van der Waals surface area contributed by atoms with Crippen molar-refractivity contribution in [3.8, 4) is 16.9 Å². The molecule has 0 spiro atoms. The van der Waals surface area contributed by atoms with Gasteiger partial charge in [0.2, 0.25) is 0 Å². The van der Waals surface area contributed by atoms with Crippen LogP contribution >= 0.6 is 0 Å². The van der Waals surface area contributed by atoms with Crippen LogP contribution in [0.25, 0.3) is 16.9 Å². The molecule has 0 radical (unpaired) electrons. The molecule has 0 amide bonds. The third kappa shape index (κ3) is 3.20. The van der Waals surface area contributed by atoms with E-state index >= 15 is 0 Å². The summed E-state index contributed by atoms with van der Waals surface area (Å²) in [5, 5.41) is 16.0. The number of H-pyrrole nitrogens is 1. The number of methoxy groups -OCH3 is 2. The van der Waals surface area contributed by atoms with Crippen LogP contribution in [0.1, 0.15) is 15.9 Å². The highest BCUT2D eigenvalue weighted by atomic mass is 19.4. The molecule has 0 saturated carbocycles. The highest BCUT2D eigenvalue weighted by molar-refractivity contribution is 5.96. The van der Waals surface area contributed by atoms with Gasteiger partial charge in [0.05, 0.1) is 19.8 Å². The Morgan fingerprint density at radius 1 is 1.10 bits per heavy atom. The quantitative estimate of drug-likeness (QED) is 0.605. The van der Waals surface area contributed by atoms with Crippen LogP contribution in [0.15, 0.2) is 41.5 Å². The zero-order valence-corrected chi connectivity index (χ0v) is 15.5. The van der Waals surface area contributed by atoms with Crippen LogP contribution in [-0.2, 0) is 19.9 Å². The topological polar surface area (TPSA) is 124 Å². The number of ether oxygens (including phenoxy) is 2. The fraction of sp³-hybridized carbons (Fsp3) is 0.222. The van der Waals surface area contributed by atoms with Gasteiger partial charge in [-0.1, -0.05) is 12.1 Å². The number of benzene rings is 1. The molecular formula is C18H14F3N3O6. The van der Waals surface area contributed by atoms with Crippen molar-refractivity contribution in [3.63, 3.8) is 0 Å². The highest BCUT2D eigenvalue weighted by Crippen LogP contribution is 2.40. The van der Waals surface area contributed by atoms with Crippen molar-refractivity contribution in [1.82, 2.24) is 14.8 Å². The number of alkyl halides is 3. The molecule has 1 aromatic rings. The Morgan fingerprint density at radius 3 is 2.27 bits per heavy atom. The van der Waals surface area contributed by atoms with Gasteiger partial charge in [0.25, 0.3) is 11.2 Å². The number of pyridine rings is 1. The lowest BCUT2D eigenvalue weighted by atomic mass is 9.93. The number of hydrogen-bond acceptors (Lipinski definition) is 7. The number of aliphatic hydroxyl groups is 1. The van der Waals surface area contributed by atoms with Crippen molar-refractivity contribution in [3.05, 3.63) is 58.1 Å². The van der Waals surface area contributed by atoms with Crippen molar-refractivity contribution < 1.29 is 37.3 Å². The summed E-state index contributed by atoms with van der Waals surface area (Å²) in [4.78, 5) is 35.6. The van der Waals surface area contributed by atoms with Crippen molar-refractivity contribution in [2.45, 2.75) is 11.8 Å². The Labute approximate surface area is 166 Å². The van der Waals surface area contributed by atoms with Crippen LogP contribution in [0, 0.1) is 0 Å². The van der Waals surface area contributed by atoms with Crippen LogP contribution in [0.3, 0.4) is 0 Å².